The number of benzene rings is 1. The van der Waals surface area contributed by atoms with Crippen LogP contribution in [0.25, 0.3) is 0 Å². The monoisotopic (exact) mass is 249 g/mol. The number of hydrogen-bond donors (Lipinski definition) is 1. The van der Waals surface area contributed by atoms with Crippen molar-refractivity contribution in [2.24, 2.45) is 5.73 Å². The Balaban J connectivity index is 2.54. The maximum atomic E-state index is 12.4. The van der Waals surface area contributed by atoms with Crippen LogP contribution in [0.5, 0.6) is 0 Å². The van der Waals surface area contributed by atoms with Crippen molar-refractivity contribution in [2.45, 2.75) is 12.6 Å². The van der Waals surface area contributed by atoms with Gasteiger partial charge >= 0.3 is 6.18 Å². The van der Waals surface area contributed by atoms with Crippen LogP contribution in [0.15, 0.2) is 24.3 Å². The molecule has 2 N–H and O–H groups in total. The van der Waals surface area contributed by atoms with Crippen LogP contribution in [0, 0.1) is 0 Å². The van der Waals surface area contributed by atoms with E-state index in [2.05, 4.69) is 0 Å². The number of thioether (sulfide) groups is 1. The topological polar surface area (TPSA) is 26.0 Å². The van der Waals surface area contributed by atoms with Gasteiger partial charge in [-0.3, -0.25) is 0 Å². The van der Waals surface area contributed by atoms with Crippen molar-refractivity contribution in [3.8, 4) is 0 Å². The van der Waals surface area contributed by atoms with E-state index in [1.54, 1.807) is 17.8 Å². The summed E-state index contributed by atoms with van der Waals surface area (Å²) < 4.78 is 37.2. The molecule has 0 aliphatic heterocycles. The summed E-state index contributed by atoms with van der Waals surface area (Å²) in [6.45, 7) is 0.604. The molecular weight excluding hydrogens is 235 g/mol. The maximum absolute atomic E-state index is 12.4. The van der Waals surface area contributed by atoms with Gasteiger partial charge in [0.2, 0.25) is 0 Å². The van der Waals surface area contributed by atoms with Crippen LogP contribution in [0.4, 0.5) is 13.2 Å². The first kappa shape index (κ1) is 13.4. The van der Waals surface area contributed by atoms with Gasteiger partial charge in [-0.1, -0.05) is 18.2 Å². The molecule has 0 spiro atoms. The lowest BCUT2D eigenvalue weighted by Gasteiger charge is -2.08. The van der Waals surface area contributed by atoms with Gasteiger partial charge in [0.05, 0.1) is 5.56 Å². The molecule has 0 aliphatic carbocycles. The van der Waals surface area contributed by atoms with E-state index in [1.165, 1.54) is 12.1 Å². The fourth-order valence-corrected chi connectivity index (χ4v) is 2.03. The van der Waals surface area contributed by atoms with Crippen LogP contribution in [0.3, 0.4) is 0 Å². The molecule has 0 heterocycles. The second kappa shape index (κ2) is 6.15. The van der Waals surface area contributed by atoms with E-state index < -0.39 is 11.7 Å². The highest BCUT2D eigenvalue weighted by molar-refractivity contribution is 7.99. The summed E-state index contributed by atoms with van der Waals surface area (Å²) in [7, 11) is 0. The van der Waals surface area contributed by atoms with E-state index in [0.717, 1.165) is 23.1 Å². The molecule has 1 nitrogen and oxygen atoms in total. The molecular formula is C11H14F3NS. The van der Waals surface area contributed by atoms with Crippen molar-refractivity contribution in [1.82, 2.24) is 0 Å². The molecule has 0 aliphatic rings. The third-order valence-corrected chi connectivity index (χ3v) is 3.07. The van der Waals surface area contributed by atoms with Crippen LogP contribution < -0.4 is 5.73 Å². The summed E-state index contributed by atoms with van der Waals surface area (Å²) in [6, 6.07) is 5.48. The van der Waals surface area contributed by atoms with Gasteiger partial charge < -0.3 is 5.73 Å². The van der Waals surface area contributed by atoms with Crippen molar-refractivity contribution >= 4 is 11.8 Å². The highest BCUT2D eigenvalue weighted by atomic mass is 32.2. The van der Waals surface area contributed by atoms with Crippen LogP contribution in [-0.2, 0) is 12.6 Å². The fourth-order valence-electron chi connectivity index (χ4n) is 1.28. The van der Waals surface area contributed by atoms with Crippen LogP contribution in [0.2, 0.25) is 0 Å². The first-order valence-corrected chi connectivity index (χ1v) is 6.13. The van der Waals surface area contributed by atoms with E-state index in [9.17, 15) is 13.2 Å². The summed E-state index contributed by atoms with van der Waals surface area (Å²) in [5, 5.41) is 0. The van der Waals surface area contributed by atoms with Crippen LogP contribution in [0.1, 0.15) is 11.1 Å². The number of nitrogens with two attached hydrogens (primary N) is 1. The zero-order valence-electron chi connectivity index (χ0n) is 8.76. The van der Waals surface area contributed by atoms with Gasteiger partial charge in [-0.15, -0.1) is 0 Å². The molecule has 0 atom stereocenters. The van der Waals surface area contributed by atoms with E-state index in [-0.39, 0.29) is 0 Å². The molecule has 1 aromatic carbocycles. The Hall–Kier alpha value is -0.680. The Kier molecular flexibility index (Phi) is 5.15. The smallest absolute Gasteiger partial charge is 0.330 e. The van der Waals surface area contributed by atoms with Gasteiger partial charge in [-0.2, -0.15) is 24.9 Å². The fraction of sp³-hybridized carbons (Fsp3) is 0.455. The van der Waals surface area contributed by atoms with Crippen molar-refractivity contribution < 1.29 is 13.2 Å². The first-order chi connectivity index (χ1) is 7.54. The normalized spacial score (nSPS) is 11.8. The quantitative estimate of drug-likeness (QED) is 0.812. The molecule has 90 valence electrons. The van der Waals surface area contributed by atoms with Crippen molar-refractivity contribution in [3.63, 3.8) is 0 Å². The number of hydrogen-bond acceptors (Lipinski definition) is 2. The van der Waals surface area contributed by atoms with Gasteiger partial charge in [0, 0.05) is 12.3 Å². The molecule has 0 saturated heterocycles. The minimum Gasteiger partial charge on any atom is -0.330 e. The summed E-state index contributed by atoms with van der Waals surface area (Å²) in [5.74, 6) is 1.65. The number of aryl methyl sites for hydroxylation is 1. The molecule has 1 aromatic rings. The highest BCUT2D eigenvalue weighted by Gasteiger charge is 2.30. The summed E-state index contributed by atoms with van der Waals surface area (Å²) in [5.41, 5.74) is 5.47. The van der Waals surface area contributed by atoms with Gasteiger partial charge in [0.25, 0.3) is 0 Å². The average molecular weight is 249 g/mol. The summed E-state index contributed by atoms with van der Waals surface area (Å²) >= 11 is 1.66. The SMILES string of the molecule is NCCSCCc1cccc(C(F)(F)F)c1. The Bertz CT molecular complexity index is 325. The highest BCUT2D eigenvalue weighted by Crippen LogP contribution is 2.29. The number of rotatable bonds is 5. The number of halogens is 3. The van der Waals surface area contributed by atoms with Gasteiger partial charge in [0.1, 0.15) is 0 Å². The Morgan fingerprint density at radius 2 is 1.94 bits per heavy atom. The van der Waals surface area contributed by atoms with E-state index in [0.29, 0.717) is 13.0 Å². The lowest BCUT2D eigenvalue weighted by atomic mass is 10.1. The van der Waals surface area contributed by atoms with Crippen LogP contribution in [-0.4, -0.2) is 18.1 Å². The molecule has 0 bridgehead atoms. The second-order valence-corrected chi connectivity index (χ2v) is 4.57. The molecule has 0 saturated carbocycles. The molecule has 1 rings (SSSR count). The minimum absolute atomic E-state index is 0.575. The van der Waals surface area contributed by atoms with Crippen molar-refractivity contribution in [3.05, 3.63) is 35.4 Å². The molecule has 16 heavy (non-hydrogen) atoms. The molecule has 0 radical (unpaired) electrons. The van der Waals surface area contributed by atoms with Crippen molar-refractivity contribution in [2.75, 3.05) is 18.1 Å². The van der Waals surface area contributed by atoms with E-state index in [4.69, 9.17) is 5.73 Å². The summed E-state index contributed by atoms with van der Waals surface area (Å²) in [6.07, 6.45) is -3.60. The lowest BCUT2D eigenvalue weighted by molar-refractivity contribution is -0.137. The van der Waals surface area contributed by atoms with Crippen molar-refractivity contribution in [1.29, 1.82) is 0 Å². The van der Waals surface area contributed by atoms with Gasteiger partial charge in [0.15, 0.2) is 0 Å². The third-order valence-electron chi connectivity index (χ3n) is 2.05. The zero-order valence-corrected chi connectivity index (χ0v) is 9.57. The largest absolute Gasteiger partial charge is 0.416 e. The Morgan fingerprint density at radius 3 is 2.56 bits per heavy atom. The summed E-state index contributed by atoms with van der Waals surface area (Å²) in [4.78, 5) is 0. The van der Waals surface area contributed by atoms with Gasteiger partial charge in [-0.25, -0.2) is 0 Å². The molecule has 5 heteroatoms. The first-order valence-electron chi connectivity index (χ1n) is 4.98. The zero-order chi connectivity index (χ0) is 12.0. The second-order valence-electron chi connectivity index (χ2n) is 3.35. The molecule has 0 amide bonds. The average Bonchev–Trinajstić information content (AvgIpc) is 2.24. The molecule has 0 unspecified atom stereocenters. The standard InChI is InChI=1S/C11H14F3NS/c12-11(13,14)10-3-1-2-9(8-10)4-6-16-7-5-15/h1-3,8H,4-7,15H2. The predicted octanol–water partition coefficient (Wildman–Crippen LogP) is 2.94. The Labute approximate surface area is 97.2 Å². The minimum atomic E-state index is -4.25. The maximum Gasteiger partial charge on any atom is 0.416 e. The third kappa shape index (κ3) is 4.45. The van der Waals surface area contributed by atoms with Crippen LogP contribution >= 0.6 is 11.8 Å². The molecule has 0 aromatic heterocycles. The predicted molar refractivity (Wildman–Crippen MR) is 61.5 cm³/mol. The Morgan fingerprint density at radius 1 is 1.19 bits per heavy atom. The number of alkyl halides is 3. The van der Waals surface area contributed by atoms with E-state index in [1.807, 2.05) is 0 Å². The van der Waals surface area contributed by atoms with Gasteiger partial charge in [-0.05, 0) is 23.8 Å². The lowest BCUT2D eigenvalue weighted by Crippen LogP contribution is -2.06. The molecule has 0 fully saturated rings. The van der Waals surface area contributed by atoms with E-state index >= 15 is 0 Å².